The molecule has 1 atom stereocenters. The lowest BCUT2D eigenvalue weighted by Crippen LogP contribution is -2.69. The van der Waals surface area contributed by atoms with Gasteiger partial charge in [0.2, 0.25) is 6.10 Å². The Morgan fingerprint density at radius 2 is 1.13 bits per heavy atom. The SMILES string of the molecule is C=CC(=O)OC(C(F)(F)C(F)(F)F)C(F)(C(F)(F)F)C(F)(F)F. The Hall–Kier alpha value is -1.63. The minimum absolute atomic E-state index is 0.327. The molecule has 0 N–H and O–H groups in total. The highest BCUT2D eigenvalue weighted by molar-refractivity contribution is 5.81. The summed E-state index contributed by atoms with van der Waals surface area (Å²) < 4.78 is 152. The summed E-state index contributed by atoms with van der Waals surface area (Å²) in [5, 5.41) is 0. The van der Waals surface area contributed by atoms with Gasteiger partial charge in [-0.15, -0.1) is 0 Å². The van der Waals surface area contributed by atoms with Crippen molar-refractivity contribution in [2.45, 2.75) is 36.2 Å². The molecule has 0 spiro atoms. The third-order valence-corrected chi connectivity index (χ3v) is 2.29. The van der Waals surface area contributed by atoms with Crippen LogP contribution >= 0.6 is 0 Å². The molecule has 0 amide bonds. The molecule has 23 heavy (non-hydrogen) atoms. The van der Waals surface area contributed by atoms with Crippen molar-refractivity contribution in [2.75, 3.05) is 0 Å². The zero-order valence-corrected chi connectivity index (χ0v) is 10.2. The van der Waals surface area contributed by atoms with Gasteiger partial charge >= 0.3 is 36.1 Å². The molecule has 0 saturated carbocycles. The monoisotopic (exact) mass is 372 g/mol. The van der Waals surface area contributed by atoms with Crippen LogP contribution in [-0.2, 0) is 9.53 Å². The van der Waals surface area contributed by atoms with Crippen LogP contribution in [0.5, 0.6) is 0 Å². The Morgan fingerprint density at radius 3 is 1.35 bits per heavy atom. The fraction of sp³-hybridized carbons (Fsp3) is 0.667. The highest BCUT2D eigenvalue weighted by Gasteiger charge is 2.85. The van der Waals surface area contributed by atoms with Gasteiger partial charge in [-0.1, -0.05) is 6.58 Å². The van der Waals surface area contributed by atoms with E-state index < -0.39 is 42.2 Å². The van der Waals surface area contributed by atoms with Crippen LogP contribution in [0.25, 0.3) is 0 Å². The minimum atomic E-state index is -7.31. The van der Waals surface area contributed by atoms with Crippen molar-refractivity contribution in [1.29, 1.82) is 0 Å². The molecule has 0 aliphatic rings. The van der Waals surface area contributed by atoms with Crippen LogP contribution in [0.3, 0.4) is 0 Å². The molecule has 0 saturated heterocycles. The van der Waals surface area contributed by atoms with Gasteiger partial charge in [-0.2, -0.15) is 48.3 Å². The first kappa shape index (κ1) is 21.4. The van der Waals surface area contributed by atoms with Gasteiger partial charge < -0.3 is 4.74 Å². The average Bonchev–Trinajstić information content (AvgIpc) is 2.30. The summed E-state index contributed by atoms with van der Waals surface area (Å²) in [6.07, 6.45) is -27.7. The van der Waals surface area contributed by atoms with Crippen molar-refractivity contribution in [1.82, 2.24) is 0 Å². The van der Waals surface area contributed by atoms with Crippen LogP contribution in [-0.4, -0.2) is 42.2 Å². The molecule has 0 aliphatic heterocycles. The number of ether oxygens (including phenoxy) is 1. The van der Waals surface area contributed by atoms with Crippen LogP contribution in [0.15, 0.2) is 12.7 Å². The molecule has 136 valence electrons. The predicted octanol–water partition coefficient (Wildman–Crippen LogP) is 4.11. The van der Waals surface area contributed by atoms with Crippen LogP contribution in [0.2, 0.25) is 0 Å². The van der Waals surface area contributed by atoms with Gasteiger partial charge in [0.05, 0.1) is 0 Å². The quantitative estimate of drug-likeness (QED) is 0.422. The van der Waals surface area contributed by atoms with Gasteiger partial charge in [0.1, 0.15) is 0 Å². The highest BCUT2D eigenvalue weighted by atomic mass is 19.4. The van der Waals surface area contributed by atoms with Crippen molar-refractivity contribution < 1.29 is 62.2 Å². The van der Waals surface area contributed by atoms with E-state index >= 15 is 0 Å². The van der Waals surface area contributed by atoms with E-state index in [2.05, 4.69) is 11.3 Å². The van der Waals surface area contributed by atoms with Gasteiger partial charge in [0.15, 0.2) is 0 Å². The highest BCUT2D eigenvalue weighted by Crippen LogP contribution is 2.55. The van der Waals surface area contributed by atoms with Gasteiger partial charge in [-0.05, 0) is 0 Å². The lowest BCUT2D eigenvalue weighted by molar-refractivity contribution is -0.409. The molecule has 1 unspecified atom stereocenters. The van der Waals surface area contributed by atoms with Gasteiger partial charge in [0, 0.05) is 6.08 Å². The number of halogens is 12. The predicted molar refractivity (Wildman–Crippen MR) is 47.0 cm³/mol. The molecule has 0 radical (unpaired) electrons. The van der Waals surface area contributed by atoms with E-state index in [9.17, 15) is 57.5 Å². The maximum atomic E-state index is 13.5. The summed E-state index contributed by atoms with van der Waals surface area (Å²) in [7, 11) is 0. The number of carbonyl (C=O) groups excluding carboxylic acids is 1. The number of rotatable bonds is 4. The fourth-order valence-corrected chi connectivity index (χ4v) is 1.18. The first-order valence-corrected chi connectivity index (χ1v) is 4.94. The molecule has 0 rings (SSSR count). The Balaban J connectivity index is 6.53. The second-order valence-electron chi connectivity index (χ2n) is 3.85. The van der Waals surface area contributed by atoms with Crippen molar-refractivity contribution in [3.8, 4) is 0 Å². The van der Waals surface area contributed by atoms with E-state index in [1.165, 1.54) is 0 Å². The van der Waals surface area contributed by atoms with Crippen LogP contribution in [0.4, 0.5) is 52.7 Å². The molecule has 0 aromatic carbocycles. The summed E-state index contributed by atoms with van der Waals surface area (Å²) in [5.41, 5.74) is -7.20. The zero-order chi connectivity index (χ0) is 19.1. The molecule has 0 heterocycles. The van der Waals surface area contributed by atoms with E-state index in [0.717, 1.165) is 0 Å². The normalized spacial score (nSPS) is 16.0. The average molecular weight is 372 g/mol. The van der Waals surface area contributed by atoms with Crippen LogP contribution in [0.1, 0.15) is 0 Å². The van der Waals surface area contributed by atoms with Crippen molar-refractivity contribution in [3.05, 3.63) is 12.7 Å². The maximum Gasteiger partial charge on any atom is 0.457 e. The molecular weight excluding hydrogens is 368 g/mol. The summed E-state index contributed by atoms with van der Waals surface area (Å²) in [6.45, 7) is 2.38. The van der Waals surface area contributed by atoms with Gasteiger partial charge in [-0.3, -0.25) is 0 Å². The molecular formula is C9H4F12O2. The summed E-state index contributed by atoms with van der Waals surface area (Å²) in [5.74, 6) is -9.58. The molecule has 0 aromatic heterocycles. The molecule has 0 fully saturated rings. The van der Waals surface area contributed by atoms with Crippen LogP contribution < -0.4 is 0 Å². The first-order valence-electron chi connectivity index (χ1n) is 4.94. The van der Waals surface area contributed by atoms with E-state index in [-0.39, 0.29) is 6.08 Å². The lowest BCUT2D eigenvalue weighted by Gasteiger charge is -2.39. The maximum absolute atomic E-state index is 13.5. The van der Waals surface area contributed by atoms with E-state index in [0.29, 0.717) is 0 Å². The first-order chi connectivity index (χ1) is 9.84. The Morgan fingerprint density at radius 1 is 0.783 bits per heavy atom. The summed E-state index contributed by atoms with van der Waals surface area (Å²) in [6, 6.07) is 0. The Kier molecular flexibility index (Phi) is 5.37. The standard InChI is InChI=1S/C9H4F12O2/c1-2-3(22)23-4(6(11,12)9(19,20)21)5(10,7(13,14)15)8(16,17)18/h2,4H,1H2. The molecule has 0 aliphatic carbocycles. The number of esters is 1. The second-order valence-corrected chi connectivity index (χ2v) is 3.85. The Bertz CT molecular complexity index is 443. The van der Waals surface area contributed by atoms with Crippen molar-refractivity contribution >= 4 is 5.97 Å². The van der Waals surface area contributed by atoms with Crippen molar-refractivity contribution in [2.24, 2.45) is 0 Å². The summed E-state index contributed by atoms with van der Waals surface area (Å²) in [4.78, 5) is 10.6. The smallest absolute Gasteiger partial charge is 0.448 e. The third-order valence-electron chi connectivity index (χ3n) is 2.29. The van der Waals surface area contributed by atoms with Crippen LogP contribution in [0, 0.1) is 0 Å². The largest absolute Gasteiger partial charge is 0.457 e. The minimum Gasteiger partial charge on any atom is -0.448 e. The molecule has 14 heteroatoms. The number of carbonyl (C=O) groups is 1. The summed E-state index contributed by atoms with van der Waals surface area (Å²) >= 11 is 0. The lowest BCUT2D eigenvalue weighted by atomic mass is 9.91. The van der Waals surface area contributed by atoms with Crippen molar-refractivity contribution in [3.63, 3.8) is 0 Å². The number of alkyl halides is 12. The number of hydrogen-bond acceptors (Lipinski definition) is 2. The van der Waals surface area contributed by atoms with Gasteiger partial charge in [-0.25, -0.2) is 9.18 Å². The zero-order valence-electron chi connectivity index (χ0n) is 10.2. The van der Waals surface area contributed by atoms with Gasteiger partial charge in [0.25, 0.3) is 0 Å². The Labute approximate surface area is 118 Å². The topological polar surface area (TPSA) is 26.3 Å². The molecule has 2 nitrogen and oxygen atoms in total. The third kappa shape index (κ3) is 3.65. The molecule has 0 aromatic rings. The van der Waals surface area contributed by atoms with E-state index in [1.807, 2.05) is 0 Å². The number of hydrogen-bond donors (Lipinski definition) is 0. The van der Waals surface area contributed by atoms with E-state index in [4.69, 9.17) is 0 Å². The van der Waals surface area contributed by atoms with E-state index in [1.54, 1.807) is 0 Å². The second kappa shape index (κ2) is 5.78. The fourth-order valence-electron chi connectivity index (χ4n) is 1.18. The molecule has 0 bridgehead atoms.